The van der Waals surface area contributed by atoms with Crippen molar-refractivity contribution in [1.82, 2.24) is 14.8 Å². The highest BCUT2D eigenvalue weighted by Crippen LogP contribution is 2.16. The highest BCUT2D eigenvalue weighted by Gasteiger charge is 2.16. The van der Waals surface area contributed by atoms with Crippen LogP contribution >= 0.6 is 15.9 Å². The molecule has 0 aliphatic rings. The molecule has 0 aromatic carbocycles. The highest BCUT2D eigenvalue weighted by molar-refractivity contribution is 9.10. The number of amides is 1. The lowest BCUT2D eigenvalue weighted by atomic mass is 10.3. The van der Waals surface area contributed by atoms with Gasteiger partial charge in [0.15, 0.2) is 0 Å². The van der Waals surface area contributed by atoms with Crippen LogP contribution in [-0.4, -0.2) is 42.6 Å². The van der Waals surface area contributed by atoms with E-state index in [0.717, 1.165) is 29.7 Å². The van der Waals surface area contributed by atoms with Crippen LogP contribution in [0.25, 0.3) is 0 Å². The number of aryl methyl sites for hydroxylation is 1. The second-order valence-corrected chi connectivity index (χ2v) is 4.98. The van der Waals surface area contributed by atoms with Crippen molar-refractivity contribution < 1.29 is 4.79 Å². The first-order valence-electron chi connectivity index (χ1n) is 5.85. The van der Waals surface area contributed by atoms with E-state index in [4.69, 9.17) is 0 Å². The van der Waals surface area contributed by atoms with Crippen LogP contribution in [0, 0.1) is 0 Å². The van der Waals surface area contributed by atoms with Crippen LogP contribution in [0.3, 0.4) is 0 Å². The summed E-state index contributed by atoms with van der Waals surface area (Å²) in [5.41, 5.74) is 0.748. The van der Waals surface area contributed by atoms with Gasteiger partial charge in [-0.25, -0.2) is 0 Å². The average Bonchev–Trinajstić information content (AvgIpc) is 2.66. The molecule has 0 aliphatic heterocycles. The second-order valence-electron chi connectivity index (χ2n) is 4.07. The van der Waals surface area contributed by atoms with E-state index in [2.05, 4.69) is 28.2 Å². The van der Waals surface area contributed by atoms with Crippen molar-refractivity contribution in [3.8, 4) is 0 Å². The lowest BCUT2D eigenvalue weighted by Crippen LogP contribution is -2.33. The van der Waals surface area contributed by atoms with Crippen molar-refractivity contribution in [1.29, 1.82) is 0 Å². The Bertz CT molecular complexity index is 376. The van der Waals surface area contributed by atoms with Crippen molar-refractivity contribution in [2.24, 2.45) is 0 Å². The summed E-state index contributed by atoms with van der Waals surface area (Å²) < 4.78 is 2.96. The molecular weight excluding hydrogens is 282 g/mol. The molecule has 0 unspecified atom stereocenters. The SMILES string of the molecule is CCCn1cc(Br)cc1C(=O)N(C)CCNC. The molecule has 0 bridgehead atoms. The van der Waals surface area contributed by atoms with Gasteiger partial charge in [-0.3, -0.25) is 4.79 Å². The third-order valence-corrected chi connectivity index (χ3v) is 3.02. The van der Waals surface area contributed by atoms with Crippen LogP contribution in [0.15, 0.2) is 16.7 Å². The number of nitrogens with zero attached hydrogens (tertiary/aromatic N) is 2. The van der Waals surface area contributed by atoms with Gasteiger partial charge in [-0.05, 0) is 35.5 Å². The maximum absolute atomic E-state index is 12.2. The molecule has 96 valence electrons. The number of hydrogen-bond donors (Lipinski definition) is 1. The third kappa shape index (κ3) is 3.85. The summed E-state index contributed by atoms with van der Waals surface area (Å²) in [6.07, 6.45) is 2.98. The van der Waals surface area contributed by atoms with E-state index in [9.17, 15) is 4.79 Å². The molecule has 1 aromatic rings. The molecule has 4 nitrogen and oxygen atoms in total. The standard InChI is InChI=1S/C12H20BrN3O/c1-4-6-16-9-10(13)8-11(16)12(17)15(3)7-5-14-2/h8-9,14H,4-7H2,1-3H3. The Kier molecular flexibility index (Phi) is 5.71. The lowest BCUT2D eigenvalue weighted by molar-refractivity contribution is 0.0786. The Balaban J connectivity index is 2.79. The minimum Gasteiger partial charge on any atom is -0.342 e. The summed E-state index contributed by atoms with van der Waals surface area (Å²) in [6, 6.07) is 1.88. The number of likely N-dealkylation sites (N-methyl/N-ethyl adjacent to an activating group) is 2. The maximum Gasteiger partial charge on any atom is 0.270 e. The fourth-order valence-corrected chi connectivity index (χ4v) is 2.12. The maximum atomic E-state index is 12.2. The molecule has 0 spiro atoms. The average molecular weight is 302 g/mol. The molecule has 1 amide bonds. The van der Waals surface area contributed by atoms with E-state index in [-0.39, 0.29) is 5.91 Å². The predicted octanol–water partition coefficient (Wildman–Crippen LogP) is 1.95. The zero-order valence-corrected chi connectivity index (χ0v) is 12.2. The molecular formula is C12H20BrN3O. The highest BCUT2D eigenvalue weighted by atomic mass is 79.9. The van der Waals surface area contributed by atoms with E-state index in [1.807, 2.05) is 30.9 Å². The van der Waals surface area contributed by atoms with Gasteiger partial charge in [0.2, 0.25) is 0 Å². The van der Waals surface area contributed by atoms with Crippen LogP contribution in [0.1, 0.15) is 23.8 Å². The Hall–Kier alpha value is -0.810. The van der Waals surface area contributed by atoms with Gasteiger partial charge >= 0.3 is 0 Å². The number of hydrogen-bond acceptors (Lipinski definition) is 2. The summed E-state index contributed by atoms with van der Waals surface area (Å²) in [7, 11) is 3.71. The van der Waals surface area contributed by atoms with Gasteiger partial charge in [0.25, 0.3) is 5.91 Å². The van der Waals surface area contributed by atoms with Crippen molar-refractivity contribution in [2.75, 3.05) is 27.2 Å². The summed E-state index contributed by atoms with van der Waals surface area (Å²) in [5.74, 6) is 0.0689. The van der Waals surface area contributed by atoms with E-state index in [0.29, 0.717) is 6.54 Å². The van der Waals surface area contributed by atoms with Crippen molar-refractivity contribution >= 4 is 21.8 Å². The van der Waals surface area contributed by atoms with Gasteiger partial charge in [-0.2, -0.15) is 0 Å². The van der Waals surface area contributed by atoms with Crippen LogP contribution in [0.5, 0.6) is 0 Å². The number of aromatic nitrogens is 1. The first kappa shape index (κ1) is 14.3. The summed E-state index contributed by atoms with van der Waals surface area (Å²) in [5, 5.41) is 3.04. The molecule has 0 aliphatic carbocycles. The summed E-state index contributed by atoms with van der Waals surface area (Å²) in [6.45, 7) is 4.49. The number of carbonyl (C=O) groups is 1. The quantitative estimate of drug-likeness (QED) is 0.872. The molecule has 0 saturated carbocycles. The predicted molar refractivity (Wildman–Crippen MR) is 73.3 cm³/mol. The van der Waals surface area contributed by atoms with E-state index < -0.39 is 0 Å². The van der Waals surface area contributed by atoms with Crippen LogP contribution in [-0.2, 0) is 6.54 Å². The second kappa shape index (κ2) is 6.81. The Morgan fingerprint density at radius 2 is 2.29 bits per heavy atom. The van der Waals surface area contributed by atoms with Gasteiger partial charge in [0.1, 0.15) is 5.69 Å². The number of halogens is 1. The van der Waals surface area contributed by atoms with Gasteiger partial charge in [-0.1, -0.05) is 6.92 Å². The van der Waals surface area contributed by atoms with Crippen LogP contribution < -0.4 is 5.32 Å². The van der Waals surface area contributed by atoms with Crippen molar-refractivity contribution in [2.45, 2.75) is 19.9 Å². The van der Waals surface area contributed by atoms with Gasteiger partial charge < -0.3 is 14.8 Å². The number of nitrogens with one attached hydrogen (secondary N) is 1. The van der Waals surface area contributed by atoms with Gasteiger partial charge in [0, 0.05) is 37.4 Å². The molecule has 0 fully saturated rings. The largest absolute Gasteiger partial charge is 0.342 e. The number of rotatable bonds is 6. The first-order valence-corrected chi connectivity index (χ1v) is 6.65. The molecule has 1 aromatic heterocycles. The van der Waals surface area contributed by atoms with E-state index in [1.54, 1.807) is 4.90 Å². The van der Waals surface area contributed by atoms with E-state index >= 15 is 0 Å². The van der Waals surface area contributed by atoms with Gasteiger partial charge in [-0.15, -0.1) is 0 Å². The monoisotopic (exact) mass is 301 g/mol. The molecule has 5 heteroatoms. The fraction of sp³-hybridized carbons (Fsp3) is 0.583. The van der Waals surface area contributed by atoms with E-state index in [1.165, 1.54) is 0 Å². The Labute approximate surface area is 111 Å². The van der Waals surface area contributed by atoms with Crippen LogP contribution in [0.4, 0.5) is 0 Å². The molecule has 1 rings (SSSR count). The molecule has 0 atom stereocenters. The Morgan fingerprint density at radius 1 is 1.59 bits per heavy atom. The van der Waals surface area contributed by atoms with Crippen molar-refractivity contribution in [3.63, 3.8) is 0 Å². The van der Waals surface area contributed by atoms with Gasteiger partial charge in [0.05, 0.1) is 0 Å². The molecule has 0 radical (unpaired) electrons. The van der Waals surface area contributed by atoms with Crippen molar-refractivity contribution in [3.05, 3.63) is 22.4 Å². The lowest BCUT2D eigenvalue weighted by Gasteiger charge is -2.18. The molecule has 17 heavy (non-hydrogen) atoms. The molecule has 0 saturated heterocycles. The zero-order valence-electron chi connectivity index (χ0n) is 10.7. The zero-order chi connectivity index (χ0) is 12.8. The fourth-order valence-electron chi connectivity index (χ4n) is 1.66. The summed E-state index contributed by atoms with van der Waals surface area (Å²) >= 11 is 3.42. The first-order chi connectivity index (χ1) is 8.10. The van der Waals surface area contributed by atoms with Crippen LogP contribution in [0.2, 0.25) is 0 Å². The normalized spacial score (nSPS) is 10.6. The minimum absolute atomic E-state index is 0.0689. The topological polar surface area (TPSA) is 37.3 Å². The smallest absolute Gasteiger partial charge is 0.270 e. The molecule has 1 N–H and O–H groups in total. The summed E-state index contributed by atoms with van der Waals surface area (Å²) in [4.78, 5) is 14.0. The molecule has 1 heterocycles. The third-order valence-electron chi connectivity index (χ3n) is 2.59. The number of carbonyl (C=O) groups excluding carboxylic acids is 1. The minimum atomic E-state index is 0.0689. The Morgan fingerprint density at radius 3 is 2.88 bits per heavy atom.